The normalized spacial score (nSPS) is 24.6. The molecule has 4 heteroatoms. The minimum Gasteiger partial charge on any atom is -0.275 e. The van der Waals surface area contributed by atoms with Crippen LogP contribution in [0.4, 0.5) is 4.39 Å². The first kappa shape index (κ1) is 13.1. The lowest BCUT2D eigenvalue weighted by Gasteiger charge is -2.46. The topological polar surface area (TPSA) is 6.48 Å². The molecule has 0 radical (unpaired) electrons. The van der Waals surface area contributed by atoms with E-state index < -0.39 is 6.42 Å². The summed E-state index contributed by atoms with van der Waals surface area (Å²) in [6.07, 6.45) is 6.56. The molecule has 1 aliphatic heterocycles. The van der Waals surface area contributed by atoms with Crippen LogP contribution in [0.3, 0.4) is 0 Å². The average molecular weight is 232 g/mol. The summed E-state index contributed by atoms with van der Waals surface area (Å²) < 4.78 is 17.7. The SMILES string of the molecule is CCCCCN1[SiH2]N(CCCCC)C1F. The zero-order valence-electron chi connectivity index (χ0n) is 10.2. The summed E-state index contributed by atoms with van der Waals surface area (Å²) in [4.78, 5) is 0. The minimum absolute atomic E-state index is 0.379. The van der Waals surface area contributed by atoms with E-state index in [0.29, 0.717) is 0 Å². The van der Waals surface area contributed by atoms with Gasteiger partial charge < -0.3 is 0 Å². The van der Waals surface area contributed by atoms with Crippen molar-refractivity contribution in [1.29, 1.82) is 0 Å². The highest BCUT2D eigenvalue weighted by atomic mass is 28.2. The lowest BCUT2D eigenvalue weighted by Crippen LogP contribution is -2.64. The summed E-state index contributed by atoms with van der Waals surface area (Å²) in [7, 11) is -0.379. The molecule has 0 N–H and O–H groups in total. The highest BCUT2D eigenvalue weighted by Crippen LogP contribution is 2.19. The molecule has 0 aromatic heterocycles. The monoisotopic (exact) mass is 232 g/mol. The minimum atomic E-state index is -0.731. The predicted octanol–water partition coefficient (Wildman–Crippen LogP) is 2.24. The first-order valence-electron chi connectivity index (χ1n) is 6.41. The van der Waals surface area contributed by atoms with E-state index in [2.05, 4.69) is 23.0 Å². The molecule has 0 amide bonds. The Labute approximate surface area is 95.8 Å². The van der Waals surface area contributed by atoms with Gasteiger partial charge >= 0.3 is 0 Å². The molecule has 0 atom stereocenters. The van der Waals surface area contributed by atoms with E-state index in [0.717, 1.165) is 13.1 Å². The zero-order chi connectivity index (χ0) is 11.1. The van der Waals surface area contributed by atoms with Crippen LogP contribution >= 0.6 is 0 Å². The molecule has 1 fully saturated rings. The van der Waals surface area contributed by atoms with Gasteiger partial charge in [-0.2, -0.15) is 0 Å². The Morgan fingerprint density at radius 2 is 1.40 bits per heavy atom. The summed E-state index contributed by atoms with van der Waals surface area (Å²) in [5.74, 6) is 0. The molecule has 15 heavy (non-hydrogen) atoms. The highest BCUT2D eigenvalue weighted by Gasteiger charge is 2.35. The number of halogens is 1. The standard InChI is InChI=1S/C11H25FN2Si/c1-3-5-7-9-13-11(12)14(15-13)10-8-6-4-2/h11H,3-10,15H2,1-2H3. The van der Waals surface area contributed by atoms with Gasteiger partial charge in [-0.25, -0.2) is 4.39 Å². The Kier molecular flexibility index (Phi) is 6.44. The van der Waals surface area contributed by atoms with Crippen molar-refractivity contribution in [3.63, 3.8) is 0 Å². The van der Waals surface area contributed by atoms with Gasteiger partial charge in [0.05, 0.1) is 0 Å². The van der Waals surface area contributed by atoms with Gasteiger partial charge in [-0.15, -0.1) is 0 Å². The molecule has 0 aliphatic carbocycles. The van der Waals surface area contributed by atoms with E-state index in [-0.39, 0.29) is 9.84 Å². The molecule has 1 saturated heterocycles. The van der Waals surface area contributed by atoms with E-state index in [9.17, 15) is 4.39 Å². The second-order valence-electron chi connectivity index (χ2n) is 4.49. The van der Waals surface area contributed by atoms with Crippen molar-refractivity contribution in [3.8, 4) is 0 Å². The third-order valence-corrected chi connectivity index (χ3v) is 5.03. The van der Waals surface area contributed by atoms with E-state index in [4.69, 9.17) is 0 Å². The van der Waals surface area contributed by atoms with Crippen LogP contribution in [0.25, 0.3) is 0 Å². The van der Waals surface area contributed by atoms with Crippen LogP contribution < -0.4 is 0 Å². The Morgan fingerprint density at radius 3 is 1.73 bits per heavy atom. The number of alkyl halides is 1. The van der Waals surface area contributed by atoms with Crippen molar-refractivity contribution in [2.24, 2.45) is 0 Å². The van der Waals surface area contributed by atoms with Gasteiger partial charge in [0.15, 0.2) is 16.3 Å². The van der Waals surface area contributed by atoms with Crippen molar-refractivity contribution in [2.45, 2.75) is 58.8 Å². The number of unbranched alkanes of at least 4 members (excludes halogenated alkanes) is 4. The van der Waals surface area contributed by atoms with Gasteiger partial charge in [0.25, 0.3) is 0 Å². The van der Waals surface area contributed by atoms with Gasteiger partial charge in [-0.05, 0) is 25.9 Å². The molecule has 2 nitrogen and oxygen atoms in total. The maximum absolute atomic E-state index is 13.6. The number of hydrogen-bond donors (Lipinski definition) is 0. The zero-order valence-corrected chi connectivity index (χ0v) is 11.6. The Hall–Kier alpha value is 0.0669. The third kappa shape index (κ3) is 4.21. The van der Waals surface area contributed by atoms with E-state index in [1.807, 2.05) is 0 Å². The molecule has 0 spiro atoms. The fraction of sp³-hybridized carbons (Fsp3) is 1.00. The van der Waals surface area contributed by atoms with Crippen molar-refractivity contribution >= 4 is 9.84 Å². The molecule has 0 bridgehead atoms. The second-order valence-corrected chi connectivity index (χ2v) is 6.40. The third-order valence-electron chi connectivity index (χ3n) is 3.06. The summed E-state index contributed by atoms with van der Waals surface area (Å²) in [5, 5.41) is 0. The predicted molar refractivity (Wildman–Crippen MR) is 65.9 cm³/mol. The fourth-order valence-electron chi connectivity index (χ4n) is 1.99. The van der Waals surface area contributed by atoms with E-state index >= 15 is 0 Å². The van der Waals surface area contributed by atoms with Crippen LogP contribution in [0.1, 0.15) is 52.4 Å². The molecule has 1 heterocycles. The first-order chi connectivity index (χ1) is 7.29. The van der Waals surface area contributed by atoms with Crippen LogP contribution in [0.15, 0.2) is 0 Å². The quantitative estimate of drug-likeness (QED) is 0.360. The fourth-order valence-corrected chi connectivity index (χ4v) is 3.61. The summed E-state index contributed by atoms with van der Waals surface area (Å²) in [6.45, 7) is 6.37. The Bertz CT molecular complexity index is 153. The maximum Gasteiger partial charge on any atom is 0.199 e. The number of nitrogens with zero attached hydrogens (tertiary/aromatic N) is 2. The van der Waals surface area contributed by atoms with Crippen LogP contribution in [0.2, 0.25) is 0 Å². The van der Waals surface area contributed by atoms with Crippen LogP contribution in [0.5, 0.6) is 0 Å². The number of hydrogen-bond acceptors (Lipinski definition) is 2. The van der Waals surface area contributed by atoms with Gasteiger partial charge in [0.1, 0.15) is 0 Å². The molecular formula is C11H25FN2Si. The van der Waals surface area contributed by atoms with Crippen LogP contribution in [-0.2, 0) is 0 Å². The Balaban J connectivity index is 2.01. The molecular weight excluding hydrogens is 207 g/mol. The Morgan fingerprint density at radius 1 is 0.933 bits per heavy atom. The van der Waals surface area contributed by atoms with E-state index in [1.165, 1.54) is 38.5 Å². The summed E-state index contributed by atoms with van der Waals surface area (Å²) >= 11 is 0. The van der Waals surface area contributed by atoms with E-state index in [1.54, 1.807) is 0 Å². The maximum atomic E-state index is 13.6. The van der Waals surface area contributed by atoms with Crippen LogP contribution in [-0.4, -0.2) is 38.5 Å². The number of rotatable bonds is 8. The second kappa shape index (κ2) is 7.36. The highest BCUT2D eigenvalue weighted by molar-refractivity contribution is 6.31. The molecule has 0 aromatic rings. The average Bonchev–Trinajstić information content (AvgIpc) is 2.25. The molecule has 1 aliphatic rings. The molecule has 0 aromatic carbocycles. The summed E-state index contributed by atoms with van der Waals surface area (Å²) in [6, 6.07) is 0. The van der Waals surface area contributed by atoms with Crippen molar-refractivity contribution in [1.82, 2.24) is 9.13 Å². The summed E-state index contributed by atoms with van der Waals surface area (Å²) in [5.41, 5.74) is 0. The largest absolute Gasteiger partial charge is 0.275 e. The van der Waals surface area contributed by atoms with Gasteiger partial charge in [-0.1, -0.05) is 39.5 Å². The smallest absolute Gasteiger partial charge is 0.199 e. The molecule has 0 saturated carbocycles. The van der Waals surface area contributed by atoms with Crippen molar-refractivity contribution in [3.05, 3.63) is 0 Å². The lowest BCUT2D eigenvalue weighted by molar-refractivity contribution is -0.0180. The van der Waals surface area contributed by atoms with Crippen molar-refractivity contribution in [2.75, 3.05) is 13.1 Å². The van der Waals surface area contributed by atoms with Gasteiger partial charge in [0.2, 0.25) is 0 Å². The molecule has 1 rings (SSSR count). The first-order valence-corrected chi connectivity index (χ1v) is 7.68. The molecule has 90 valence electrons. The molecule has 0 unspecified atom stereocenters. The van der Waals surface area contributed by atoms with Crippen molar-refractivity contribution < 1.29 is 4.39 Å². The van der Waals surface area contributed by atoms with Gasteiger partial charge in [0, 0.05) is 0 Å². The van der Waals surface area contributed by atoms with Gasteiger partial charge in [-0.3, -0.25) is 9.13 Å². The van der Waals surface area contributed by atoms with Crippen LogP contribution in [0, 0.1) is 0 Å². The lowest BCUT2D eigenvalue weighted by atomic mass is 10.2.